The summed E-state index contributed by atoms with van der Waals surface area (Å²) in [6, 6.07) is 0. The molecule has 0 aliphatic heterocycles. The summed E-state index contributed by atoms with van der Waals surface area (Å²) in [5.41, 5.74) is 0. The monoisotopic (exact) mass is 502 g/mol. The number of carbonyl (C=O) groups is 5. The van der Waals surface area contributed by atoms with E-state index in [0.717, 1.165) is 32.1 Å². The average Bonchev–Trinajstić information content (AvgIpc) is 2.88. The van der Waals surface area contributed by atoms with Crippen LogP contribution in [-0.2, 0) is 47.7 Å². The molecule has 35 heavy (non-hydrogen) atoms. The average molecular weight is 503 g/mol. The zero-order valence-corrected chi connectivity index (χ0v) is 22.0. The second kappa shape index (κ2) is 18.6. The van der Waals surface area contributed by atoms with Crippen LogP contribution in [0.3, 0.4) is 0 Å². The minimum absolute atomic E-state index is 0.197. The highest BCUT2D eigenvalue weighted by atomic mass is 16.5. The third kappa shape index (κ3) is 12.0. The second-order valence-electron chi connectivity index (χ2n) is 8.44. The lowest BCUT2D eigenvalue weighted by Gasteiger charge is -2.35. The lowest BCUT2D eigenvalue weighted by molar-refractivity contribution is -0.160. The summed E-state index contributed by atoms with van der Waals surface area (Å²) in [5.74, 6) is -5.07. The van der Waals surface area contributed by atoms with Gasteiger partial charge in [0.1, 0.15) is 0 Å². The zero-order valence-electron chi connectivity index (χ0n) is 22.0. The molecule has 4 unspecified atom stereocenters. The molecule has 0 amide bonds. The predicted molar refractivity (Wildman–Crippen MR) is 126 cm³/mol. The van der Waals surface area contributed by atoms with Crippen molar-refractivity contribution < 1.29 is 47.7 Å². The van der Waals surface area contributed by atoms with Gasteiger partial charge in [-0.2, -0.15) is 0 Å². The molecular weight excluding hydrogens is 460 g/mol. The summed E-state index contributed by atoms with van der Waals surface area (Å²) in [7, 11) is 6.34. The molecule has 0 bridgehead atoms. The summed E-state index contributed by atoms with van der Waals surface area (Å²) >= 11 is 0. The maximum atomic E-state index is 12.8. The molecule has 10 nitrogen and oxygen atoms in total. The van der Waals surface area contributed by atoms with Gasteiger partial charge in [-0.3, -0.25) is 24.0 Å². The molecule has 0 aromatic carbocycles. The Bertz CT molecular complexity index is 675. The standard InChI is InChI=1S/C25H42O10/c1-7-17(19(24(29)34-5)15-22(27)32-3)18(20(25(30)35-6)16-23(28)33-4)13-11-9-8-10-12-14-21(26)31-2/h17-20H,7-16H2,1-6H3. The summed E-state index contributed by atoms with van der Waals surface area (Å²) in [6.07, 6.45) is 4.98. The second-order valence-corrected chi connectivity index (χ2v) is 8.44. The molecule has 0 fully saturated rings. The van der Waals surface area contributed by atoms with E-state index >= 15 is 0 Å². The fourth-order valence-corrected chi connectivity index (χ4v) is 4.53. The highest BCUT2D eigenvalue weighted by Crippen LogP contribution is 2.39. The van der Waals surface area contributed by atoms with Crippen molar-refractivity contribution in [3.63, 3.8) is 0 Å². The lowest BCUT2D eigenvalue weighted by Crippen LogP contribution is -2.39. The first kappa shape index (κ1) is 32.4. The van der Waals surface area contributed by atoms with E-state index in [1.165, 1.54) is 35.5 Å². The maximum Gasteiger partial charge on any atom is 0.309 e. The fourth-order valence-electron chi connectivity index (χ4n) is 4.53. The van der Waals surface area contributed by atoms with Crippen LogP contribution in [0.15, 0.2) is 0 Å². The topological polar surface area (TPSA) is 132 Å². The van der Waals surface area contributed by atoms with Crippen molar-refractivity contribution in [2.75, 3.05) is 35.5 Å². The fraction of sp³-hybridized carbons (Fsp3) is 0.800. The van der Waals surface area contributed by atoms with E-state index in [2.05, 4.69) is 4.74 Å². The molecule has 0 aromatic rings. The van der Waals surface area contributed by atoms with E-state index in [-0.39, 0.29) is 18.8 Å². The van der Waals surface area contributed by atoms with E-state index in [1.54, 1.807) is 0 Å². The molecule has 0 radical (unpaired) electrons. The van der Waals surface area contributed by atoms with Crippen molar-refractivity contribution in [2.45, 2.75) is 71.1 Å². The molecule has 0 rings (SSSR count). The van der Waals surface area contributed by atoms with Gasteiger partial charge in [0.2, 0.25) is 0 Å². The Balaban J connectivity index is 5.75. The number of unbranched alkanes of at least 4 members (excludes halogenated alkanes) is 4. The van der Waals surface area contributed by atoms with Crippen molar-refractivity contribution in [3.05, 3.63) is 0 Å². The predicted octanol–water partition coefficient (Wildman–Crippen LogP) is 3.24. The van der Waals surface area contributed by atoms with Crippen molar-refractivity contribution in [2.24, 2.45) is 23.7 Å². The van der Waals surface area contributed by atoms with Crippen LogP contribution >= 0.6 is 0 Å². The Morgan fingerprint density at radius 1 is 0.543 bits per heavy atom. The van der Waals surface area contributed by atoms with Crippen LogP contribution in [0.4, 0.5) is 0 Å². The molecule has 0 N–H and O–H groups in total. The van der Waals surface area contributed by atoms with Gasteiger partial charge in [-0.25, -0.2) is 0 Å². The van der Waals surface area contributed by atoms with Crippen molar-refractivity contribution in [1.29, 1.82) is 0 Å². The van der Waals surface area contributed by atoms with Crippen LogP contribution in [0.5, 0.6) is 0 Å². The van der Waals surface area contributed by atoms with Crippen LogP contribution in [0.2, 0.25) is 0 Å². The number of ether oxygens (including phenoxy) is 5. The summed E-state index contributed by atoms with van der Waals surface area (Å²) in [6.45, 7) is 1.87. The van der Waals surface area contributed by atoms with E-state index in [4.69, 9.17) is 18.9 Å². The third-order valence-corrected chi connectivity index (χ3v) is 6.44. The van der Waals surface area contributed by atoms with Gasteiger partial charge in [0, 0.05) is 6.42 Å². The molecule has 0 aromatic heterocycles. The number of hydrogen-bond acceptors (Lipinski definition) is 10. The van der Waals surface area contributed by atoms with Crippen LogP contribution in [0.1, 0.15) is 71.1 Å². The Labute approximate surface area is 208 Å². The minimum Gasteiger partial charge on any atom is -0.469 e. The van der Waals surface area contributed by atoms with Crippen molar-refractivity contribution >= 4 is 29.8 Å². The molecule has 4 atom stereocenters. The van der Waals surface area contributed by atoms with Crippen LogP contribution in [0.25, 0.3) is 0 Å². The van der Waals surface area contributed by atoms with E-state index < -0.39 is 47.5 Å². The number of carbonyl (C=O) groups excluding carboxylic acids is 5. The Morgan fingerprint density at radius 2 is 0.971 bits per heavy atom. The van der Waals surface area contributed by atoms with Gasteiger partial charge in [0.05, 0.1) is 60.2 Å². The van der Waals surface area contributed by atoms with Gasteiger partial charge in [-0.1, -0.05) is 39.0 Å². The van der Waals surface area contributed by atoms with E-state index in [0.29, 0.717) is 19.3 Å². The molecule has 0 saturated heterocycles. The molecule has 10 heteroatoms. The number of esters is 5. The lowest BCUT2D eigenvalue weighted by atomic mass is 9.69. The number of rotatable bonds is 18. The van der Waals surface area contributed by atoms with Crippen molar-refractivity contribution in [1.82, 2.24) is 0 Å². The van der Waals surface area contributed by atoms with Gasteiger partial charge >= 0.3 is 29.8 Å². The minimum atomic E-state index is -0.846. The summed E-state index contributed by atoms with van der Waals surface area (Å²) in [5, 5.41) is 0. The molecular formula is C25H42O10. The molecule has 0 spiro atoms. The summed E-state index contributed by atoms with van der Waals surface area (Å²) < 4.78 is 24.2. The largest absolute Gasteiger partial charge is 0.469 e. The van der Waals surface area contributed by atoms with Crippen LogP contribution in [-0.4, -0.2) is 65.4 Å². The van der Waals surface area contributed by atoms with E-state index in [1.807, 2.05) is 6.92 Å². The normalized spacial score (nSPS) is 14.1. The molecule has 202 valence electrons. The van der Waals surface area contributed by atoms with Gasteiger partial charge in [0.25, 0.3) is 0 Å². The quantitative estimate of drug-likeness (QED) is 0.156. The third-order valence-electron chi connectivity index (χ3n) is 6.44. The van der Waals surface area contributed by atoms with Gasteiger partial charge in [0.15, 0.2) is 0 Å². The Kier molecular flexibility index (Phi) is 17.2. The number of methoxy groups -OCH3 is 5. The van der Waals surface area contributed by atoms with Gasteiger partial charge in [-0.15, -0.1) is 0 Å². The van der Waals surface area contributed by atoms with Crippen LogP contribution in [0, 0.1) is 23.7 Å². The van der Waals surface area contributed by atoms with Gasteiger partial charge in [-0.05, 0) is 24.7 Å². The molecule has 0 aliphatic rings. The zero-order chi connectivity index (χ0) is 26.8. The first-order valence-electron chi connectivity index (χ1n) is 12.1. The first-order chi connectivity index (χ1) is 16.7. The number of hydrogen-bond donors (Lipinski definition) is 0. The van der Waals surface area contributed by atoms with Crippen molar-refractivity contribution in [3.8, 4) is 0 Å². The highest BCUT2D eigenvalue weighted by molar-refractivity contribution is 5.82. The maximum absolute atomic E-state index is 12.8. The Hall–Kier alpha value is -2.65. The SMILES string of the molecule is CCC(C(CC(=O)OC)C(=O)OC)C(CCCCCCCC(=O)OC)C(CC(=O)OC)C(=O)OC. The molecule has 0 saturated carbocycles. The first-order valence-corrected chi connectivity index (χ1v) is 12.1. The smallest absolute Gasteiger partial charge is 0.309 e. The molecule has 0 heterocycles. The highest BCUT2D eigenvalue weighted by Gasteiger charge is 2.42. The summed E-state index contributed by atoms with van der Waals surface area (Å²) in [4.78, 5) is 60.9. The Morgan fingerprint density at radius 3 is 1.40 bits per heavy atom. The van der Waals surface area contributed by atoms with Crippen LogP contribution < -0.4 is 0 Å². The van der Waals surface area contributed by atoms with Gasteiger partial charge < -0.3 is 23.7 Å². The molecule has 0 aliphatic carbocycles. The van der Waals surface area contributed by atoms with E-state index in [9.17, 15) is 24.0 Å².